The summed E-state index contributed by atoms with van der Waals surface area (Å²) in [4.78, 5) is 14.0. The number of amides is 1. The third kappa shape index (κ3) is 3.96. The second-order valence-electron chi connectivity index (χ2n) is 5.94. The first-order valence-electron chi connectivity index (χ1n) is 6.65. The van der Waals surface area contributed by atoms with Crippen LogP contribution >= 0.6 is 0 Å². The predicted octanol–water partition coefficient (Wildman–Crippen LogP) is 1.15. The summed E-state index contributed by atoms with van der Waals surface area (Å²) in [5.74, 6) is 0.251. The Hall–Kier alpha value is -0.610. The van der Waals surface area contributed by atoms with Gasteiger partial charge in [-0.05, 0) is 33.6 Å². The zero-order valence-electron chi connectivity index (χ0n) is 11.2. The summed E-state index contributed by atoms with van der Waals surface area (Å²) < 4.78 is 5.80. The number of hydrogen-bond donors (Lipinski definition) is 1. The second-order valence-corrected chi connectivity index (χ2v) is 5.94. The molecule has 1 saturated heterocycles. The Kier molecular flexibility index (Phi) is 3.73. The molecule has 2 rings (SSSR count). The van der Waals surface area contributed by atoms with E-state index in [4.69, 9.17) is 4.74 Å². The molecule has 4 heteroatoms. The molecule has 2 fully saturated rings. The highest BCUT2D eigenvalue weighted by Gasteiger charge is 2.33. The summed E-state index contributed by atoms with van der Waals surface area (Å²) in [6, 6.07) is 0.683. The molecule has 1 aliphatic carbocycles. The summed E-state index contributed by atoms with van der Waals surface area (Å²) in [6.45, 7) is 8.38. The lowest BCUT2D eigenvalue weighted by Gasteiger charge is -2.41. The molecule has 0 bridgehead atoms. The topological polar surface area (TPSA) is 41.6 Å². The Morgan fingerprint density at radius 2 is 2.18 bits per heavy atom. The number of ether oxygens (including phenoxy) is 1. The van der Waals surface area contributed by atoms with Crippen LogP contribution in [0.4, 0.5) is 0 Å². The number of rotatable bonds is 4. The third-order valence-corrected chi connectivity index (χ3v) is 3.27. The predicted molar refractivity (Wildman–Crippen MR) is 66.8 cm³/mol. The smallest absolute Gasteiger partial charge is 0.224 e. The Labute approximate surface area is 104 Å². The first-order valence-corrected chi connectivity index (χ1v) is 6.65. The maximum Gasteiger partial charge on any atom is 0.224 e. The molecular weight excluding hydrogens is 216 g/mol. The minimum atomic E-state index is -0.211. The van der Waals surface area contributed by atoms with Crippen molar-refractivity contribution in [2.75, 3.05) is 19.6 Å². The van der Waals surface area contributed by atoms with Crippen molar-refractivity contribution in [2.45, 2.75) is 57.8 Å². The molecule has 1 N–H and O–H groups in total. The lowest BCUT2D eigenvalue weighted by Crippen LogP contribution is -2.54. The molecule has 17 heavy (non-hydrogen) atoms. The van der Waals surface area contributed by atoms with Gasteiger partial charge in [-0.25, -0.2) is 0 Å². The summed E-state index contributed by atoms with van der Waals surface area (Å²) in [7, 11) is 0. The number of hydrogen-bond acceptors (Lipinski definition) is 3. The third-order valence-electron chi connectivity index (χ3n) is 3.27. The second kappa shape index (κ2) is 4.94. The van der Waals surface area contributed by atoms with Gasteiger partial charge in [0.1, 0.15) is 0 Å². The molecule has 1 atom stereocenters. The highest BCUT2D eigenvalue weighted by atomic mass is 16.5. The van der Waals surface area contributed by atoms with Gasteiger partial charge in [0.25, 0.3) is 0 Å². The zero-order chi connectivity index (χ0) is 12.5. The molecule has 98 valence electrons. The summed E-state index contributed by atoms with van der Waals surface area (Å²) >= 11 is 0. The lowest BCUT2D eigenvalue weighted by molar-refractivity contribution is -0.158. The van der Waals surface area contributed by atoms with Gasteiger partial charge in [0, 0.05) is 32.1 Å². The van der Waals surface area contributed by atoms with Gasteiger partial charge < -0.3 is 15.0 Å². The van der Waals surface area contributed by atoms with Crippen LogP contribution in [0.15, 0.2) is 0 Å². The Bertz CT molecular complexity index is 287. The maximum atomic E-state index is 12.1. The number of nitrogens with one attached hydrogen (secondary N) is 1. The van der Waals surface area contributed by atoms with Crippen molar-refractivity contribution < 1.29 is 9.53 Å². The van der Waals surface area contributed by atoms with Crippen LogP contribution in [0.5, 0.6) is 0 Å². The van der Waals surface area contributed by atoms with Gasteiger partial charge in [-0.15, -0.1) is 0 Å². The number of carbonyl (C=O) groups is 1. The van der Waals surface area contributed by atoms with E-state index in [2.05, 4.69) is 5.32 Å². The molecule has 1 amide bonds. The Morgan fingerprint density at radius 1 is 1.47 bits per heavy atom. The zero-order valence-corrected chi connectivity index (χ0v) is 11.2. The number of morpholine rings is 1. The van der Waals surface area contributed by atoms with Gasteiger partial charge in [-0.3, -0.25) is 4.79 Å². The molecule has 2 aliphatic rings. The molecule has 1 saturated carbocycles. The van der Waals surface area contributed by atoms with Crippen LogP contribution in [0, 0.1) is 0 Å². The quantitative estimate of drug-likeness (QED) is 0.801. The highest BCUT2D eigenvalue weighted by Crippen LogP contribution is 2.21. The van der Waals surface area contributed by atoms with Crippen LogP contribution in [-0.2, 0) is 9.53 Å². The van der Waals surface area contributed by atoms with E-state index in [1.807, 2.05) is 25.7 Å². The van der Waals surface area contributed by atoms with Gasteiger partial charge in [0.15, 0.2) is 0 Å². The van der Waals surface area contributed by atoms with Gasteiger partial charge in [-0.2, -0.15) is 0 Å². The van der Waals surface area contributed by atoms with Crippen molar-refractivity contribution in [1.82, 2.24) is 10.2 Å². The van der Waals surface area contributed by atoms with E-state index < -0.39 is 0 Å². The summed E-state index contributed by atoms with van der Waals surface area (Å²) in [5.41, 5.74) is -0.211. The van der Waals surface area contributed by atoms with Gasteiger partial charge in [0.2, 0.25) is 5.91 Å². The standard InChI is InChI=1S/C13H24N2O2/c1-10-8-15(9-13(2,3)17-10)12(16)6-7-14-11-4-5-11/h10-11,14H,4-9H2,1-3H3. The van der Waals surface area contributed by atoms with Crippen LogP contribution in [0.2, 0.25) is 0 Å². The Balaban J connectivity index is 1.76. The molecule has 0 aromatic rings. The maximum absolute atomic E-state index is 12.1. The van der Waals surface area contributed by atoms with Crippen LogP contribution < -0.4 is 5.32 Å². The highest BCUT2D eigenvalue weighted by molar-refractivity contribution is 5.76. The van der Waals surface area contributed by atoms with Crippen molar-refractivity contribution in [3.8, 4) is 0 Å². The SMILES string of the molecule is CC1CN(C(=O)CCNC2CC2)CC(C)(C)O1. The van der Waals surface area contributed by atoms with Crippen LogP contribution in [0.25, 0.3) is 0 Å². The van der Waals surface area contributed by atoms with Crippen molar-refractivity contribution in [3.63, 3.8) is 0 Å². The molecule has 0 radical (unpaired) electrons. The molecule has 1 heterocycles. The fraction of sp³-hybridized carbons (Fsp3) is 0.923. The van der Waals surface area contributed by atoms with Crippen LogP contribution in [0.1, 0.15) is 40.0 Å². The van der Waals surface area contributed by atoms with Crippen LogP contribution in [0.3, 0.4) is 0 Å². The fourth-order valence-corrected chi connectivity index (χ4v) is 2.47. The molecule has 0 aromatic heterocycles. The van der Waals surface area contributed by atoms with Crippen molar-refractivity contribution in [3.05, 3.63) is 0 Å². The average molecular weight is 240 g/mol. The number of nitrogens with zero attached hydrogens (tertiary/aromatic N) is 1. The minimum absolute atomic E-state index is 0.138. The molecule has 0 aromatic carbocycles. The average Bonchev–Trinajstić information content (AvgIpc) is 2.98. The summed E-state index contributed by atoms with van der Waals surface area (Å²) in [6.07, 6.45) is 3.30. The summed E-state index contributed by atoms with van der Waals surface area (Å²) in [5, 5.41) is 3.38. The lowest BCUT2D eigenvalue weighted by atomic mass is 10.1. The first kappa shape index (κ1) is 12.8. The van der Waals surface area contributed by atoms with E-state index in [1.165, 1.54) is 12.8 Å². The van der Waals surface area contributed by atoms with Gasteiger partial charge in [0.05, 0.1) is 11.7 Å². The monoisotopic (exact) mass is 240 g/mol. The van der Waals surface area contributed by atoms with E-state index >= 15 is 0 Å². The molecule has 0 spiro atoms. The largest absolute Gasteiger partial charge is 0.369 e. The number of carbonyl (C=O) groups excluding carboxylic acids is 1. The molecule has 1 unspecified atom stereocenters. The molecular formula is C13H24N2O2. The van der Waals surface area contributed by atoms with Gasteiger partial charge >= 0.3 is 0 Å². The van der Waals surface area contributed by atoms with E-state index in [-0.39, 0.29) is 17.6 Å². The first-order chi connectivity index (χ1) is 7.96. The van der Waals surface area contributed by atoms with E-state index in [1.54, 1.807) is 0 Å². The van der Waals surface area contributed by atoms with Gasteiger partial charge in [-0.1, -0.05) is 0 Å². The van der Waals surface area contributed by atoms with Crippen molar-refractivity contribution in [2.24, 2.45) is 0 Å². The van der Waals surface area contributed by atoms with E-state index in [9.17, 15) is 4.79 Å². The molecule has 4 nitrogen and oxygen atoms in total. The van der Waals surface area contributed by atoms with E-state index in [0.29, 0.717) is 19.0 Å². The fourth-order valence-electron chi connectivity index (χ4n) is 2.47. The van der Waals surface area contributed by atoms with E-state index in [0.717, 1.165) is 13.1 Å². The van der Waals surface area contributed by atoms with Crippen LogP contribution in [-0.4, -0.2) is 48.2 Å². The van der Waals surface area contributed by atoms with Crippen molar-refractivity contribution >= 4 is 5.91 Å². The Morgan fingerprint density at radius 3 is 2.76 bits per heavy atom. The molecule has 1 aliphatic heterocycles. The van der Waals surface area contributed by atoms with Crippen molar-refractivity contribution in [1.29, 1.82) is 0 Å². The normalized spacial score (nSPS) is 28.2. The minimum Gasteiger partial charge on any atom is -0.369 e.